The fourth-order valence-electron chi connectivity index (χ4n) is 4.57. The molecule has 2 aliphatic heterocycles. The monoisotopic (exact) mass is 296 g/mol. The maximum atomic E-state index is 12.6. The minimum atomic E-state index is -1.09. The fourth-order valence-corrected chi connectivity index (χ4v) is 4.57. The van der Waals surface area contributed by atoms with Crippen molar-refractivity contribution in [1.82, 2.24) is 10.2 Å². The van der Waals surface area contributed by atoms with Crippen molar-refractivity contribution in [2.75, 3.05) is 32.8 Å². The van der Waals surface area contributed by atoms with Gasteiger partial charge in [0.25, 0.3) is 5.91 Å². The summed E-state index contributed by atoms with van der Waals surface area (Å²) in [5, 5.41) is 23.5. The second-order valence-corrected chi connectivity index (χ2v) is 7.23. The average molecular weight is 296 g/mol. The van der Waals surface area contributed by atoms with Crippen LogP contribution in [0.4, 0.5) is 0 Å². The summed E-state index contributed by atoms with van der Waals surface area (Å²) in [6, 6.07) is 0. The summed E-state index contributed by atoms with van der Waals surface area (Å²) in [7, 11) is 0. The highest BCUT2D eigenvalue weighted by atomic mass is 16.3. The predicted molar refractivity (Wildman–Crippen MR) is 79.7 cm³/mol. The smallest absolute Gasteiger partial charge is 0.254 e. The van der Waals surface area contributed by atoms with E-state index in [-0.39, 0.29) is 17.9 Å². The third-order valence-corrected chi connectivity index (χ3v) is 6.15. The van der Waals surface area contributed by atoms with E-state index in [9.17, 15) is 15.0 Å². The van der Waals surface area contributed by atoms with Crippen molar-refractivity contribution in [3.63, 3.8) is 0 Å². The molecule has 2 heterocycles. The summed E-state index contributed by atoms with van der Waals surface area (Å²) in [5.41, 5.74) is -0.899. The Bertz CT molecular complexity index is 385. The second-order valence-electron chi connectivity index (χ2n) is 7.23. The minimum absolute atomic E-state index is 0.0515. The molecule has 3 rings (SSSR count). The van der Waals surface area contributed by atoms with Crippen LogP contribution >= 0.6 is 0 Å². The molecule has 0 bridgehead atoms. The van der Waals surface area contributed by atoms with E-state index < -0.39 is 5.60 Å². The molecule has 3 N–H and O–H groups in total. The summed E-state index contributed by atoms with van der Waals surface area (Å²) >= 11 is 0. The van der Waals surface area contributed by atoms with Gasteiger partial charge in [-0.15, -0.1) is 0 Å². The number of likely N-dealkylation sites (tertiary alicyclic amines) is 1. The molecule has 21 heavy (non-hydrogen) atoms. The molecule has 1 amide bonds. The molecule has 0 aromatic heterocycles. The van der Waals surface area contributed by atoms with Crippen molar-refractivity contribution in [3.05, 3.63) is 0 Å². The Morgan fingerprint density at radius 2 is 1.81 bits per heavy atom. The largest absolute Gasteiger partial charge is 0.396 e. The van der Waals surface area contributed by atoms with Gasteiger partial charge in [0.05, 0.1) is 0 Å². The van der Waals surface area contributed by atoms with Gasteiger partial charge in [-0.2, -0.15) is 0 Å². The van der Waals surface area contributed by atoms with Crippen LogP contribution in [0.3, 0.4) is 0 Å². The number of nitrogens with one attached hydrogen (secondary N) is 1. The van der Waals surface area contributed by atoms with E-state index in [1.807, 2.05) is 4.90 Å². The van der Waals surface area contributed by atoms with Crippen LogP contribution < -0.4 is 5.32 Å². The molecule has 2 saturated heterocycles. The van der Waals surface area contributed by atoms with Gasteiger partial charge in [0.15, 0.2) is 0 Å². The molecule has 1 saturated carbocycles. The molecule has 0 unspecified atom stereocenters. The summed E-state index contributed by atoms with van der Waals surface area (Å²) in [5.74, 6) is 0.252. The molecular weight excluding hydrogens is 268 g/mol. The van der Waals surface area contributed by atoms with Gasteiger partial charge in [-0.1, -0.05) is 0 Å². The Balaban J connectivity index is 1.63. The van der Waals surface area contributed by atoms with Crippen molar-refractivity contribution >= 4 is 5.91 Å². The quantitative estimate of drug-likeness (QED) is 0.694. The Labute approximate surface area is 126 Å². The van der Waals surface area contributed by atoms with Gasteiger partial charge in [0.2, 0.25) is 0 Å². The standard InChI is InChI=1S/C16H28N2O3/c19-12-13-11-17-8-5-15(13)6-9-18(10-7-15)14(20)16(21)3-1-2-4-16/h13,17,19,21H,1-12H2/t13-/m0/s1. The minimum Gasteiger partial charge on any atom is -0.396 e. The molecule has 0 radical (unpaired) electrons. The molecule has 3 fully saturated rings. The fraction of sp³-hybridized carbons (Fsp3) is 0.938. The molecular formula is C16H28N2O3. The first-order valence-corrected chi connectivity index (χ1v) is 8.43. The highest BCUT2D eigenvalue weighted by Crippen LogP contribution is 2.44. The maximum absolute atomic E-state index is 12.6. The van der Waals surface area contributed by atoms with Gasteiger partial charge >= 0.3 is 0 Å². The van der Waals surface area contributed by atoms with Crippen LogP contribution in [-0.4, -0.2) is 59.4 Å². The highest BCUT2D eigenvalue weighted by molar-refractivity contribution is 5.85. The van der Waals surface area contributed by atoms with E-state index in [2.05, 4.69) is 5.32 Å². The third-order valence-electron chi connectivity index (χ3n) is 6.15. The van der Waals surface area contributed by atoms with Crippen LogP contribution in [0.25, 0.3) is 0 Å². The Hall–Kier alpha value is -0.650. The zero-order chi connectivity index (χ0) is 14.9. The highest BCUT2D eigenvalue weighted by Gasteiger charge is 2.47. The lowest BCUT2D eigenvalue weighted by Gasteiger charge is -2.49. The van der Waals surface area contributed by atoms with E-state index in [1.54, 1.807) is 0 Å². The molecule has 5 nitrogen and oxygen atoms in total. The normalized spacial score (nSPS) is 31.5. The molecule has 0 aromatic carbocycles. The van der Waals surface area contributed by atoms with E-state index in [0.29, 0.717) is 18.8 Å². The van der Waals surface area contributed by atoms with Crippen LogP contribution in [0.5, 0.6) is 0 Å². The number of carbonyl (C=O) groups excluding carboxylic acids is 1. The van der Waals surface area contributed by atoms with E-state index >= 15 is 0 Å². The molecule has 1 spiro atoms. The zero-order valence-electron chi connectivity index (χ0n) is 12.8. The number of amides is 1. The van der Waals surface area contributed by atoms with Gasteiger partial charge in [-0.25, -0.2) is 0 Å². The first-order chi connectivity index (χ1) is 10.1. The van der Waals surface area contributed by atoms with Crippen molar-refractivity contribution in [2.45, 2.75) is 50.5 Å². The van der Waals surface area contributed by atoms with Crippen molar-refractivity contribution in [3.8, 4) is 0 Å². The van der Waals surface area contributed by atoms with E-state index in [4.69, 9.17) is 0 Å². The number of nitrogens with zero attached hydrogens (tertiary/aromatic N) is 1. The summed E-state index contributed by atoms with van der Waals surface area (Å²) in [6.45, 7) is 3.59. The lowest BCUT2D eigenvalue weighted by atomic mass is 9.65. The number of carbonyl (C=O) groups is 1. The van der Waals surface area contributed by atoms with Gasteiger partial charge < -0.3 is 20.4 Å². The molecule has 1 aliphatic carbocycles. The zero-order valence-corrected chi connectivity index (χ0v) is 12.8. The van der Waals surface area contributed by atoms with Crippen LogP contribution in [0.2, 0.25) is 0 Å². The number of rotatable bonds is 2. The van der Waals surface area contributed by atoms with Crippen molar-refractivity contribution in [2.24, 2.45) is 11.3 Å². The molecule has 1 atom stereocenters. The molecule has 120 valence electrons. The van der Waals surface area contributed by atoms with Gasteiger partial charge in [0, 0.05) is 32.2 Å². The number of hydrogen-bond donors (Lipinski definition) is 3. The second kappa shape index (κ2) is 5.86. The average Bonchev–Trinajstić information content (AvgIpc) is 2.96. The van der Waals surface area contributed by atoms with Crippen molar-refractivity contribution < 1.29 is 15.0 Å². The first kappa shape index (κ1) is 15.3. The predicted octanol–water partition coefficient (Wildman–Crippen LogP) is 0.502. The van der Waals surface area contributed by atoms with Crippen LogP contribution in [0.1, 0.15) is 44.9 Å². The number of aliphatic hydroxyl groups is 2. The molecule has 3 aliphatic rings. The number of hydrogen-bond acceptors (Lipinski definition) is 4. The maximum Gasteiger partial charge on any atom is 0.254 e. The lowest BCUT2D eigenvalue weighted by Crippen LogP contribution is -2.56. The van der Waals surface area contributed by atoms with E-state index in [1.165, 1.54) is 0 Å². The Morgan fingerprint density at radius 1 is 1.14 bits per heavy atom. The Kier molecular flexibility index (Phi) is 4.26. The summed E-state index contributed by atoms with van der Waals surface area (Å²) in [4.78, 5) is 14.4. The van der Waals surface area contributed by atoms with Gasteiger partial charge in [0.1, 0.15) is 5.60 Å². The van der Waals surface area contributed by atoms with Crippen molar-refractivity contribution in [1.29, 1.82) is 0 Å². The molecule has 0 aromatic rings. The number of piperidine rings is 2. The SMILES string of the molecule is O=C(N1CCC2(CCNC[C@H]2CO)CC1)C1(O)CCCC1. The first-order valence-electron chi connectivity index (χ1n) is 8.43. The molecule has 5 heteroatoms. The van der Waals surface area contributed by atoms with Crippen LogP contribution in [-0.2, 0) is 4.79 Å². The van der Waals surface area contributed by atoms with Gasteiger partial charge in [-0.05, 0) is 56.9 Å². The topological polar surface area (TPSA) is 72.8 Å². The third kappa shape index (κ3) is 2.71. The number of aliphatic hydroxyl groups excluding tert-OH is 1. The Morgan fingerprint density at radius 3 is 2.43 bits per heavy atom. The summed E-state index contributed by atoms with van der Waals surface area (Å²) < 4.78 is 0. The summed E-state index contributed by atoms with van der Waals surface area (Å²) in [6.07, 6.45) is 6.16. The van der Waals surface area contributed by atoms with Crippen LogP contribution in [0, 0.1) is 11.3 Å². The van der Waals surface area contributed by atoms with Gasteiger partial charge in [-0.3, -0.25) is 4.79 Å². The lowest BCUT2D eigenvalue weighted by molar-refractivity contribution is -0.154. The van der Waals surface area contributed by atoms with Crippen LogP contribution in [0.15, 0.2) is 0 Å². The van der Waals surface area contributed by atoms with E-state index in [0.717, 1.165) is 58.3 Å².